The predicted octanol–water partition coefficient (Wildman–Crippen LogP) is 1.88. The fourth-order valence-electron chi connectivity index (χ4n) is 0.385. The summed E-state index contributed by atoms with van der Waals surface area (Å²) in [6.45, 7) is 0. The van der Waals surface area contributed by atoms with Gasteiger partial charge in [0.15, 0.2) is 0 Å². The van der Waals surface area contributed by atoms with Gasteiger partial charge in [0.05, 0.1) is 0 Å². The molecule has 0 saturated heterocycles. The Morgan fingerprint density at radius 1 is 0.444 bits per heavy atom. The molecule has 0 aliphatic carbocycles. The first-order valence-corrected chi connectivity index (χ1v) is 2.00. The molecule has 0 atom stereocenters. The third-order valence-electron chi connectivity index (χ3n) is 0.667. The van der Waals surface area contributed by atoms with E-state index in [2.05, 4.69) is 0 Å². The van der Waals surface area contributed by atoms with Crippen LogP contribution in [-0.2, 0) is 0 Å². The van der Waals surface area contributed by atoms with Crippen molar-refractivity contribution in [3.63, 3.8) is 0 Å². The zero-order valence-electron chi connectivity index (χ0n) is 4.28. The molecule has 0 fully saturated rings. The monoisotopic (exact) mass is 174 g/mol. The van der Waals surface area contributed by atoms with Crippen molar-refractivity contribution in [1.82, 2.24) is 0 Å². The van der Waals surface area contributed by atoms with E-state index in [1.807, 2.05) is 36.4 Å². The number of benzene rings is 1. The SMILES string of the molecule is Cl.Cl.[NaH].c1ccccc1. The second-order valence-corrected chi connectivity index (χ2v) is 1.15. The summed E-state index contributed by atoms with van der Waals surface area (Å²) in [7, 11) is 0. The molecule has 0 aliphatic rings. The van der Waals surface area contributed by atoms with Gasteiger partial charge in [-0.25, -0.2) is 0 Å². The smallest absolute Gasteiger partial charge is 0.0623 e. The van der Waals surface area contributed by atoms with Crippen LogP contribution in [-0.4, -0.2) is 29.6 Å². The van der Waals surface area contributed by atoms with E-state index < -0.39 is 0 Å². The van der Waals surface area contributed by atoms with Crippen LogP contribution >= 0.6 is 24.8 Å². The van der Waals surface area contributed by atoms with Crippen LogP contribution in [0.25, 0.3) is 0 Å². The first-order valence-electron chi connectivity index (χ1n) is 2.00. The molecule has 0 amide bonds. The van der Waals surface area contributed by atoms with Crippen molar-refractivity contribution >= 4 is 54.4 Å². The fourth-order valence-corrected chi connectivity index (χ4v) is 0.385. The largest absolute Gasteiger partial charge is 0.0623 e. The van der Waals surface area contributed by atoms with E-state index in [-0.39, 0.29) is 54.4 Å². The minimum Gasteiger partial charge on any atom is -0.0623 e. The Kier molecular flexibility index (Phi) is 21.1. The summed E-state index contributed by atoms with van der Waals surface area (Å²) in [6.07, 6.45) is 0. The topological polar surface area (TPSA) is 0 Å². The Labute approximate surface area is 90.2 Å². The van der Waals surface area contributed by atoms with Crippen molar-refractivity contribution in [3.05, 3.63) is 36.4 Å². The Balaban J connectivity index is -0.000000120. The maximum atomic E-state index is 2.00. The van der Waals surface area contributed by atoms with Crippen molar-refractivity contribution in [1.29, 1.82) is 0 Å². The van der Waals surface area contributed by atoms with Gasteiger partial charge in [0, 0.05) is 0 Å². The fraction of sp³-hybridized carbons (Fsp3) is 0. The van der Waals surface area contributed by atoms with Crippen LogP contribution < -0.4 is 0 Å². The molecule has 48 valence electrons. The van der Waals surface area contributed by atoms with Gasteiger partial charge in [-0.05, 0) is 0 Å². The van der Waals surface area contributed by atoms with Gasteiger partial charge >= 0.3 is 29.6 Å². The standard InChI is InChI=1S/C6H6.2ClH.Na.H/c1-2-4-6-5-3-1;;;;/h1-6H;2*1H;;. The Hall–Kier alpha value is 0.800. The van der Waals surface area contributed by atoms with Gasteiger partial charge < -0.3 is 0 Å². The number of rotatable bonds is 0. The molecule has 0 spiro atoms. The quantitative estimate of drug-likeness (QED) is 0.528. The van der Waals surface area contributed by atoms with E-state index in [4.69, 9.17) is 0 Å². The molecular formula is C6H9Cl2Na. The van der Waals surface area contributed by atoms with Crippen LogP contribution in [0, 0.1) is 0 Å². The van der Waals surface area contributed by atoms with Gasteiger partial charge in [0.25, 0.3) is 0 Å². The molecule has 9 heavy (non-hydrogen) atoms. The summed E-state index contributed by atoms with van der Waals surface area (Å²) < 4.78 is 0. The summed E-state index contributed by atoms with van der Waals surface area (Å²) >= 11 is 0. The molecule has 3 heteroatoms. The van der Waals surface area contributed by atoms with Gasteiger partial charge in [-0.3, -0.25) is 0 Å². The predicted molar refractivity (Wildman–Crippen MR) is 48.1 cm³/mol. The molecule has 0 N–H and O–H groups in total. The van der Waals surface area contributed by atoms with Gasteiger partial charge in [0.1, 0.15) is 0 Å². The molecule has 1 aromatic rings. The van der Waals surface area contributed by atoms with E-state index >= 15 is 0 Å². The summed E-state index contributed by atoms with van der Waals surface area (Å²) in [5.74, 6) is 0. The second-order valence-electron chi connectivity index (χ2n) is 1.15. The molecule has 1 rings (SSSR count). The van der Waals surface area contributed by atoms with Gasteiger partial charge in [-0.1, -0.05) is 36.4 Å². The molecule has 0 nitrogen and oxygen atoms in total. The maximum absolute atomic E-state index is 2.00. The first kappa shape index (κ1) is 16.4. The van der Waals surface area contributed by atoms with E-state index in [0.717, 1.165) is 0 Å². The molecule has 0 heterocycles. The van der Waals surface area contributed by atoms with Crippen molar-refractivity contribution in [2.75, 3.05) is 0 Å². The van der Waals surface area contributed by atoms with Crippen molar-refractivity contribution in [2.45, 2.75) is 0 Å². The summed E-state index contributed by atoms with van der Waals surface area (Å²) in [4.78, 5) is 0. The summed E-state index contributed by atoms with van der Waals surface area (Å²) in [6, 6.07) is 12.0. The van der Waals surface area contributed by atoms with E-state index in [1.54, 1.807) is 0 Å². The number of halogens is 2. The Morgan fingerprint density at radius 2 is 0.556 bits per heavy atom. The van der Waals surface area contributed by atoms with Crippen molar-refractivity contribution in [2.24, 2.45) is 0 Å². The average molecular weight is 175 g/mol. The Bertz CT molecular complexity index is 83.0. The summed E-state index contributed by atoms with van der Waals surface area (Å²) in [5, 5.41) is 0. The van der Waals surface area contributed by atoms with Crippen LogP contribution in [0.5, 0.6) is 0 Å². The zero-order chi connectivity index (χ0) is 4.24. The van der Waals surface area contributed by atoms with Crippen LogP contribution in [0.2, 0.25) is 0 Å². The molecule has 0 unspecified atom stereocenters. The van der Waals surface area contributed by atoms with Crippen LogP contribution in [0.4, 0.5) is 0 Å². The maximum Gasteiger partial charge on any atom is -0.0623 e. The van der Waals surface area contributed by atoms with E-state index in [0.29, 0.717) is 0 Å². The minimum absolute atomic E-state index is 0. The molecule has 0 saturated carbocycles. The van der Waals surface area contributed by atoms with Crippen molar-refractivity contribution in [3.8, 4) is 0 Å². The van der Waals surface area contributed by atoms with Gasteiger partial charge in [-0.15, -0.1) is 24.8 Å². The second kappa shape index (κ2) is 11.6. The van der Waals surface area contributed by atoms with Gasteiger partial charge in [0.2, 0.25) is 0 Å². The molecule has 0 aliphatic heterocycles. The van der Waals surface area contributed by atoms with Crippen LogP contribution in [0.3, 0.4) is 0 Å². The van der Waals surface area contributed by atoms with Crippen LogP contribution in [0.15, 0.2) is 36.4 Å². The Morgan fingerprint density at radius 3 is 0.667 bits per heavy atom. The molecular weight excluding hydrogens is 166 g/mol. The van der Waals surface area contributed by atoms with E-state index in [1.165, 1.54) is 0 Å². The van der Waals surface area contributed by atoms with Crippen LogP contribution in [0.1, 0.15) is 0 Å². The summed E-state index contributed by atoms with van der Waals surface area (Å²) in [5.41, 5.74) is 0. The third kappa shape index (κ3) is 8.80. The molecule has 0 bridgehead atoms. The normalized spacial score (nSPS) is 5.33. The first-order chi connectivity index (χ1) is 3.00. The third-order valence-corrected chi connectivity index (χ3v) is 0.667. The average Bonchev–Trinajstić information content (AvgIpc) is 1.72. The molecule has 0 aromatic heterocycles. The molecule has 1 aromatic carbocycles. The molecule has 0 radical (unpaired) electrons. The number of hydrogen-bond acceptors (Lipinski definition) is 0. The van der Waals surface area contributed by atoms with Gasteiger partial charge in [-0.2, -0.15) is 0 Å². The zero-order valence-corrected chi connectivity index (χ0v) is 5.91. The minimum atomic E-state index is 0. The van der Waals surface area contributed by atoms with E-state index in [9.17, 15) is 0 Å². The number of hydrogen-bond donors (Lipinski definition) is 0. The van der Waals surface area contributed by atoms with Crippen molar-refractivity contribution < 1.29 is 0 Å².